The van der Waals surface area contributed by atoms with Gasteiger partial charge in [0.15, 0.2) is 0 Å². The van der Waals surface area contributed by atoms with E-state index in [1.807, 2.05) is 0 Å². The fourth-order valence-electron chi connectivity index (χ4n) is 4.75. The molecule has 2 heterocycles. The molecule has 214 valence electrons. The topological polar surface area (TPSA) is 91.8 Å². The van der Waals surface area contributed by atoms with Crippen LogP contribution in [0.25, 0.3) is 10.9 Å². The number of benzene rings is 3. The molecule has 41 heavy (non-hydrogen) atoms. The van der Waals surface area contributed by atoms with Crippen molar-refractivity contribution in [3.8, 4) is 5.75 Å². The Morgan fingerprint density at radius 2 is 1.68 bits per heavy atom. The number of carbonyl (C=O) groups is 1. The van der Waals surface area contributed by atoms with E-state index in [9.17, 15) is 26.4 Å². The quantitative estimate of drug-likeness (QED) is 0.328. The average Bonchev–Trinajstić information content (AvgIpc) is 2.97. The average molecular weight is 585 g/mol. The molecule has 1 saturated heterocycles. The van der Waals surface area contributed by atoms with Crippen LogP contribution in [0.1, 0.15) is 21.5 Å². The maximum atomic E-state index is 13.2. The number of piperazine rings is 1. The largest absolute Gasteiger partial charge is 0.495 e. The van der Waals surface area contributed by atoms with Crippen LogP contribution in [-0.4, -0.2) is 62.4 Å². The Balaban J connectivity index is 1.24. The van der Waals surface area contributed by atoms with Gasteiger partial charge in [-0.1, -0.05) is 30.3 Å². The predicted octanol–water partition coefficient (Wildman–Crippen LogP) is 5.02. The molecule has 1 aliphatic heterocycles. The highest BCUT2D eigenvalue weighted by Gasteiger charge is 2.30. The highest BCUT2D eigenvalue weighted by Crippen LogP contribution is 2.31. The molecule has 0 unspecified atom stereocenters. The zero-order chi connectivity index (χ0) is 29.2. The van der Waals surface area contributed by atoms with Crippen LogP contribution >= 0.6 is 0 Å². The lowest BCUT2D eigenvalue weighted by Gasteiger charge is -2.35. The molecule has 1 N–H and O–H groups in total. The standard InChI is InChI=1S/C29H27F3N4O4S/c1-40-25-18-22(9-12-24(25)34-41(38,39)26-6-2-4-21-5-3-13-33-27(21)26)28(37)36-16-14-35(15-17-36)19-20-7-10-23(11-8-20)29(30,31)32/h2-13,18,34H,14-17,19H2,1H3. The minimum atomic E-state index is -4.37. The Morgan fingerprint density at radius 1 is 0.976 bits per heavy atom. The summed E-state index contributed by atoms with van der Waals surface area (Å²) in [5.74, 6) is -0.0429. The molecule has 1 amide bonds. The second-order valence-electron chi connectivity index (χ2n) is 9.61. The SMILES string of the molecule is COc1cc(C(=O)N2CCN(Cc3ccc(C(F)(F)F)cc3)CC2)ccc1NS(=O)(=O)c1cccc2cccnc12. The van der Waals surface area contributed by atoms with Crippen LogP contribution in [0.3, 0.4) is 0 Å². The molecular weight excluding hydrogens is 557 g/mol. The second kappa shape index (κ2) is 11.4. The molecule has 0 aliphatic carbocycles. The number of rotatable bonds is 7. The van der Waals surface area contributed by atoms with Gasteiger partial charge in [-0.15, -0.1) is 0 Å². The first-order valence-corrected chi connectivity index (χ1v) is 14.3. The zero-order valence-electron chi connectivity index (χ0n) is 22.1. The summed E-state index contributed by atoms with van der Waals surface area (Å²) in [7, 11) is -2.63. The number of nitrogens with one attached hydrogen (secondary N) is 1. The molecule has 0 saturated carbocycles. The summed E-state index contributed by atoms with van der Waals surface area (Å²) >= 11 is 0. The van der Waals surface area contributed by atoms with E-state index in [1.165, 1.54) is 43.6 Å². The van der Waals surface area contributed by atoms with E-state index in [0.717, 1.165) is 17.7 Å². The number of alkyl halides is 3. The van der Waals surface area contributed by atoms with Crippen LogP contribution in [0.4, 0.5) is 18.9 Å². The monoisotopic (exact) mass is 584 g/mol. The number of aromatic nitrogens is 1. The maximum absolute atomic E-state index is 13.2. The molecule has 4 aromatic rings. The number of hydrogen-bond donors (Lipinski definition) is 1. The van der Waals surface area contributed by atoms with E-state index in [4.69, 9.17) is 4.74 Å². The highest BCUT2D eigenvalue weighted by molar-refractivity contribution is 7.93. The van der Waals surface area contributed by atoms with Gasteiger partial charge in [-0.2, -0.15) is 13.2 Å². The van der Waals surface area contributed by atoms with Crippen molar-refractivity contribution in [3.63, 3.8) is 0 Å². The normalized spacial score (nSPS) is 14.7. The number of hydrogen-bond acceptors (Lipinski definition) is 6. The number of ether oxygens (including phenoxy) is 1. The number of sulfonamides is 1. The van der Waals surface area contributed by atoms with Gasteiger partial charge in [0.05, 0.1) is 23.9 Å². The first kappa shape index (κ1) is 28.4. The molecular formula is C29H27F3N4O4S. The molecule has 1 fully saturated rings. The summed E-state index contributed by atoms with van der Waals surface area (Å²) in [6.07, 6.45) is -2.85. The molecule has 3 aromatic carbocycles. The summed E-state index contributed by atoms with van der Waals surface area (Å²) in [6.45, 7) is 2.46. The number of fused-ring (bicyclic) bond motifs is 1. The molecule has 0 spiro atoms. The smallest absolute Gasteiger partial charge is 0.416 e. The van der Waals surface area contributed by atoms with E-state index in [0.29, 0.717) is 49.2 Å². The van der Waals surface area contributed by atoms with Gasteiger partial charge in [0.1, 0.15) is 10.6 Å². The van der Waals surface area contributed by atoms with Crippen LogP contribution in [0.5, 0.6) is 5.75 Å². The molecule has 0 radical (unpaired) electrons. The highest BCUT2D eigenvalue weighted by atomic mass is 32.2. The Hall–Kier alpha value is -4.16. The number of para-hydroxylation sites is 1. The summed E-state index contributed by atoms with van der Waals surface area (Å²) in [6, 6.07) is 18.0. The van der Waals surface area contributed by atoms with Crippen molar-refractivity contribution in [2.75, 3.05) is 38.0 Å². The summed E-state index contributed by atoms with van der Waals surface area (Å²) < 4.78 is 72.9. The number of pyridine rings is 1. The van der Waals surface area contributed by atoms with E-state index >= 15 is 0 Å². The Labute approximate surface area is 235 Å². The molecule has 12 heteroatoms. The molecule has 0 bridgehead atoms. The number of nitrogens with zero attached hydrogens (tertiary/aromatic N) is 3. The van der Waals surface area contributed by atoms with Gasteiger partial charge >= 0.3 is 6.18 Å². The van der Waals surface area contributed by atoms with Crippen LogP contribution in [0.15, 0.2) is 83.9 Å². The summed E-state index contributed by atoms with van der Waals surface area (Å²) in [5, 5.41) is 0.683. The van der Waals surface area contributed by atoms with Gasteiger partial charge in [0.25, 0.3) is 15.9 Å². The summed E-state index contributed by atoms with van der Waals surface area (Å²) in [5.41, 5.74) is 0.938. The van der Waals surface area contributed by atoms with Crippen molar-refractivity contribution in [1.82, 2.24) is 14.8 Å². The third-order valence-corrected chi connectivity index (χ3v) is 8.32. The van der Waals surface area contributed by atoms with Gasteiger partial charge in [-0.05, 0) is 48.0 Å². The van der Waals surface area contributed by atoms with Crippen LogP contribution < -0.4 is 9.46 Å². The number of anilines is 1. The fourth-order valence-corrected chi connectivity index (χ4v) is 6.00. The van der Waals surface area contributed by atoms with E-state index in [-0.39, 0.29) is 22.2 Å². The van der Waals surface area contributed by atoms with Crippen molar-refractivity contribution < 1.29 is 31.1 Å². The lowest BCUT2D eigenvalue weighted by molar-refractivity contribution is -0.137. The maximum Gasteiger partial charge on any atom is 0.416 e. The Kier molecular flexibility index (Phi) is 7.87. The van der Waals surface area contributed by atoms with Crippen molar-refractivity contribution in [2.45, 2.75) is 17.6 Å². The molecule has 1 aliphatic rings. The van der Waals surface area contributed by atoms with Gasteiger partial charge < -0.3 is 9.64 Å². The van der Waals surface area contributed by atoms with E-state index < -0.39 is 21.8 Å². The Morgan fingerprint density at radius 3 is 2.37 bits per heavy atom. The van der Waals surface area contributed by atoms with Crippen LogP contribution in [-0.2, 0) is 22.7 Å². The first-order valence-electron chi connectivity index (χ1n) is 12.8. The van der Waals surface area contributed by atoms with Gasteiger partial charge in [0, 0.05) is 49.9 Å². The fraction of sp³-hybridized carbons (Fsp3) is 0.241. The molecule has 0 atom stereocenters. The third-order valence-electron chi connectivity index (χ3n) is 6.92. The molecule has 8 nitrogen and oxygen atoms in total. The van der Waals surface area contributed by atoms with Crippen LogP contribution in [0.2, 0.25) is 0 Å². The number of carbonyl (C=O) groups excluding carboxylic acids is 1. The summed E-state index contributed by atoms with van der Waals surface area (Å²) in [4.78, 5) is 21.2. The van der Waals surface area contributed by atoms with Crippen molar-refractivity contribution in [3.05, 3.63) is 95.7 Å². The Bertz CT molecular complexity index is 1660. The number of methoxy groups -OCH3 is 1. The van der Waals surface area contributed by atoms with E-state index in [2.05, 4.69) is 14.6 Å². The van der Waals surface area contributed by atoms with Crippen molar-refractivity contribution >= 4 is 32.5 Å². The lowest BCUT2D eigenvalue weighted by Crippen LogP contribution is -2.48. The van der Waals surface area contributed by atoms with Crippen molar-refractivity contribution in [1.29, 1.82) is 0 Å². The minimum absolute atomic E-state index is 0.0203. The first-order chi connectivity index (χ1) is 19.5. The zero-order valence-corrected chi connectivity index (χ0v) is 22.9. The predicted molar refractivity (Wildman–Crippen MR) is 148 cm³/mol. The lowest BCUT2D eigenvalue weighted by atomic mass is 10.1. The van der Waals surface area contributed by atoms with Crippen LogP contribution in [0, 0.1) is 0 Å². The van der Waals surface area contributed by atoms with Gasteiger partial charge in [-0.3, -0.25) is 19.4 Å². The second-order valence-corrected chi connectivity index (χ2v) is 11.3. The molecule has 1 aromatic heterocycles. The number of amides is 1. The van der Waals surface area contributed by atoms with Crippen molar-refractivity contribution in [2.24, 2.45) is 0 Å². The van der Waals surface area contributed by atoms with E-state index in [1.54, 1.807) is 35.2 Å². The van der Waals surface area contributed by atoms with Gasteiger partial charge in [-0.25, -0.2) is 8.42 Å². The molecule has 5 rings (SSSR count). The third kappa shape index (κ3) is 6.28. The number of halogens is 3. The van der Waals surface area contributed by atoms with Gasteiger partial charge in [0.2, 0.25) is 0 Å². The minimum Gasteiger partial charge on any atom is -0.495 e.